The summed E-state index contributed by atoms with van der Waals surface area (Å²) in [5.41, 5.74) is 2.08. The first-order chi connectivity index (χ1) is 15.7. The topological polar surface area (TPSA) is 107 Å². The van der Waals surface area contributed by atoms with Crippen molar-refractivity contribution in [1.29, 1.82) is 0 Å². The van der Waals surface area contributed by atoms with Crippen LogP contribution in [-0.4, -0.2) is 40.6 Å². The molecule has 0 saturated heterocycles. The molecule has 1 N–H and O–H groups in total. The normalized spacial score (nSPS) is 11.4. The summed E-state index contributed by atoms with van der Waals surface area (Å²) >= 11 is 12.2. The van der Waals surface area contributed by atoms with Gasteiger partial charge in [-0.1, -0.05) is 46.6 Å². The van der Waals surface area contributed by atoms with E-state index in [1.54, 1.807) is 60.9 Å². The smallest absolute Gasteiger partial charge is 0.253 e. The van der Waals surface area contributed by atoms with Gasteiger partial charge in [0.05, 0.1) is 28.2 Å². The molecule has 2 heterocycles. The number of hydrogen-bond donors (Lipinski definition) is 1. The predicted molar refractivity (Wildman–Crippen MR) is 125 cm³/mol. The highest BCUT2D eigenvalue weighted by Gasteiger charge is 2.14. The number of sulfone groups is 1. The first-order valence-electron chi connectivity index (χ1n) is 9.62. The molecule has 0 bridgehead atoms. The Bertz CT molecular complexity index is 1450. The average Bonchev–Trinajstić information content (AvgIpc) is 3.26. The van der Waals surface area contributed by atoms with Gasteiger partial charge in [0, 0.05) is 23.5 Å². The van der Waals surface area contributed by atoms with Gasteiger partial charge in [-0.3, -0.25) is 4.79 Å². The van der Waals surface area contributed by atoms with Crippen LogP contribution in [0.2, 0.25) is 10.0 Å². The summed E-state index contributed by atoms with van der Waals surface area (Å²) < 4.78 is 25.2. The minimum atomic E-state index is -3.36. The first-order valence-corrected chi connectivity index (χ1v) is 12.3. The van der Waals surface area contributed by atoms with E-state index in [4.69, 9.17) is 23.2 Å². The van der Waals surface area contributed by atoms with Crippen LogP contribution in [0.3, 0.4) is 0 Å². The fraction of sp³-hybridized carbons (Fsp3) is 0.0909. The lowest BCUT2D eigenvalue weighted by Gasteiger charge is -2.09. The Balaban J connectivity index is 1.52. The Morgan fingerprint density at radius 1 is 1.06 bits per heavy atom. The molecule has 33 heavy (non-hydrogen) atoms. The van der Waals surface area contributed by atoms with Crippen LogP contribution in [0.15, 0.2) is 71.9 Å². The van der Waals surface area contributed by atoms with E-state index in [0.29, 0.717) is 27.7 Å². The van der Waals surface area contributed by atoms with Gasteiger partial charge < -0.3 is 5.32 Å². The Kier molecular flexibility index (Phi) is 6.46. The number of pyridine rings is 1. The molecular formula is C22H17Cl2N5O3S. The first kappa shape index (κ1) is 22.9. The van der Waals surface area contributed by atoms with Crippen molar-refractivity contribution in [3.8, 4) is 16.9 Å². The molecule has 0 aliphatic rings. The summed E-state index contributed by atoms with van der Waals surface area (Å²) in [6, 6.07) is 14.7. The van der Waals surface area contributed by atoms with E-state index in [9.17, 15) is 13.2 Å². The maximum absolute atomic E-state index is 12.8. The third-order valence-electron chi connectivity index (χ3n) is 4.72. The minimum Gasteiger partial charge on any atom is -0.346 e. The molecule has 0 atom stereocenters. The number of amides is 1. The fourth-order valence-corrected chi connectivity index (χ4v) is 4.09. The lowest BCUT2D eigenvalue weighted by molar-refractivity contribution is 0.0950. The van der Waals surface area contributed by atoms with Crippen molar-refractivity contribution in [2.24, 2.45) is 0 Å². The van der Waals surface area contributed by atoms with Crippen molar-refractivity contribution in [2.75, 3.05) is 6.26 Å². The third-order valence-corrected chi connectivity index (χ3v) is 6.39. The van der Waals surface area contributed by atoms with Crippen LogP contribution in [0.1, 0.15) is 16.1 Å². The molecule has 4 rings (SSSR count). The van der Waals surface area contributed by atoms with Gasteiger partial charge in [-0.25, -0.2) is 18.1 Å². The molecular weight excluding hydrogens is 485 g/mol. The molecule has 0 spiro atoms. The molecule has 0 fully saturated rings. The molecule has 2 aromatic carbocycles. The van der Waals surface area contributed by atoms with Gasteiger partial charge in [0.2, 0.25) is 0 Å². The lowest BCUT2D eigenvalue weighted by atomic mass is 10.0. The molecule has 0 aliphatic heterocycles. The summed E-state index contributed by atoms with van der Waals surface area (Å²) in [6.07, 6.45) is 4.33. The van der Waals surface area contributed by atoms with Crippen LogP contribution < -0.4 is 5.32 Å². The number of aromatic nitrogens is 4. The maximum Gasteiger partial charge on any atom is 0.253 e. The van der Waals surface area contributed by atoms with Crippen LogP contribution in [0.25, 0.3) is 16.9 Å². The number of rotatable bonds is 6. The van der Waals surface area contributed by atoms with E-state index in [1.165, 1.54) is 10.7 Å². The molecule has 0 radical (unpaired) electrons. The second-order valence-electron chi connectivity index (χ2n) is 7.16. The quantitative estimate of drug-likeness (QED) is 0.428. The number of halogens is 2. The molecule has 8 nitrogen and oxygen atoms in total. The van der Waals surface area contributed by atoms with Crippen LogP contribution in [-0.2, 0) is 16.4 Å². The highest BCUT2D eigenvalue weighted by atomic mass is 35.5. The average molecular weight is 502 g/mol. The fourth-order valence-electron chi connectivity index (χ4n) is 3.06. The van der Waals surface area contributed by atoms with Gasteiger partial charge in [0.25, 0.3) is 5.91 Å². The summed E-state index contributed by atoms with van der Waals surface area (Å²) in [6.45, 7) is 0.115. The molecule has 1 amide bonds. The number of carbonyl (C=O) groups excluding carboxylic acids is 1. The maximum atomic E-state index is 12.8. The summed E-state index contributed by atoms with van der Waals surface area (Å²) in [7, 11) is -3.36. The molecule has 0 saturated carbocycles. The standard InChI is InChI=1S/C22H17Cl2N5O3S/c1-33(31,32)18-4-2-3-14(9-18)15-5-6-20(24)19(10-15)22(30)26-12-17-13-29(28-27-17)21-11-16(23)7-8-25-21/h2-11,13H,12H2,1H3,(H,26,30). The van der Waals surface area contributed by atoms with Crippen molar-refractivity contribution in [1.82, 2.24) is 25.3 Å². The van der Waals surface area contributed by atoms with E-state index >= 15 is 0 Å². The highest BCUT2D eigenvalue weighted by molar-refractivity contribution is 7.90. The zero-order valence-electron chi connectivity index (χ0n) is 17.2. The van der Waals surface area contributed by atoms with Gasteiger partial charge >= 0.3 is 0 Å². The monoisotopic (exact) mass is 501 g/mol. The highest BCUT2D eigenvalue weighted by Crippen LogP contribution is 2.27. The lowest BCUT2D eigenvalue weighted by Crippen LogP contribution is -2.23. The van der Waals surface area contributed by atoms with Gasteiger partial charge in [0.1, 0.15) is 5.69 Å². The van der Waals surface area contributed by atoms with Gasteiger partial charge in [-0.15, -0.1) is 5.10 Å². The SMILES string of the molecule is CS(=O)(=O)c1cccc(-c2ccc(Cl)c(C(=O)NCc3cn(-c4cc(Cl)ccn4)nn3)c2)c1. The summed E-state index contributed by atoms with van der Waals surface area (Å²) in [5.74, 6) is 0.0937. The Morgan fingerprint density at radius 3 is 2.61 bits per heavy atom. The Labute approximate surface area is 200 Å². The van der Waals surface area contributed by atoms with Crippen molar-refractivity contribution >= 4 is 38.9 Å². The number of nitrogens with one attached hydrogen (secondary N) is 1. The zero-order chi connectivity index (χ0) is 23.6. The minimum absolute atomic E-state index is 0.115. The van der Waals surface area contributed by atoms with Crippen molar-refractivity contribution < 1.29 is 13.2 Å². The molecule has 168 valence electrons. The molecule has 0 aliphatic carbocycles. The number of hydrogen-bond acceptors (Lipinski definition) is 6. The van der Waals surface area contributed by atoms with Crippen LogP contribution in [0, 0.1) is 0 Å². The van der Waals surface area contributed by atoms with Crippen molar-refractivity contribution in [3.63, 3.8) is 0 Å². The molecule has 11 heteroatoms. The second-order valence-corrected chi connectivity index (χ2v) is 10.0. The van der Waals surface area contributed by atoms with Crippen LogP contribution in [0.4, 0.5) is 0 Å². The third kappa shape index (κ3) is 5.39. The predicted octanol–water partition coefficient (Wildman–Crippen LogP) is 3.97. The number of benzene rings is 2. The number of carbonyl (C=O) groups is 1. The van der Waals surface area contributed by atoms with E-state index < -0.39 is 15.7 Å². The van der Waals surface area contributed by atoms with Crippen molar-refractivity contribution in [2.45, 2.75) is 11.4 Å². The van der Waals surface area contributed by atoms with E-state index in [-0.39, 0.29) is 22.0 Å². The zero-order valence-corrected chi connectivity index (χ0v) is 19.6. The van der Waals surface area contributed by atoms with Crippen molar-refractivity contribution in [3.05, 3.63) is 88.3 Å². The second kappa shape index (κ2) is 9.30. The Morgan fingerprint density at radius 2 is 1.85 bits per heavy atom. The van der Waals surface area contributed by atoms with Crippen LogP contribution >= 0.6 is 23.2 Å². The summed E-state index contributed by atoms with van der Waals surface area (Å²) in [4.78, 5) is 17.2. The number of nitrogens with zero attached hydrogens (tertiary/aromatic N) is 4. The largest absolute Gasteiger partial charge is 0.346 e. The summed E-state index contributed by atoms with van der Waals surface area (Å²) in [5, 5.41) is 11.6. The Hall–Kier alpha value is -3.27. The van der Waals surface area contributed by atoms with E-state index in [2.05, 4.69) is 20.6 Å². The van der Waals surface area contributed by atoms with Gasteiger partial charge in [-0.2, -0.15) is 0 Å². The van der Waals surface area contributed by atoms with E-state index in [1.807, 2.05) is 0 Å². The molecule has 2 aromatic heterocycles. The van der Waals surface area contributed by atoms with Crippen LogP contribution in [0.5, 0.6) is 0 Å². The van der Waals surface area contributed by atoms with Gasteiger partial charge in [0.15, 0.2) is 15.7 Å². The van der Waals surface area contributed by atoms with E-state index in [0.717, 1.165) is 6.26 Å². The molecule has 4 aromatic rings. The molecule has 0 unspecified atom stereocenters. The van der Waals surface area contributed by atoms with Gasteiger partial charge in [-0.05, 0) is 41.5 Å².